The number of allylic oxidation sites excluding steroid dienone is 1. The summed E-state index contributed by atoms with van der Waals surface area (Å²) in [5.74, 6) is -3.48. The number of benzene rings is 1. The van der Waals surface area contributed by atoms with Crippen LogP contribution in [0.5, 0.6) is 0 Å². The van der Waals surface area contributed by atoms with Gasteiger partial charge in [0.1, 0.15) is 28.7 Å². The van der Waals surface area contributed by atoms with Gasteiger partial charge in [0, 0.05) is 17.8 Å². The minimum absolute atomic E-state index is 0.137. The third-order valence-electron chi connectivity index (χ3n) is 4.91. The second-order valence-corrected chi connectivity index (χ2v) is 6.94. The quantitative estimate of drug-likeness (QED) is 0.591. The first kappa shape index (κ1) is 21.2. The van der Waals surface area contributed by atoms with Crippen LogP contribution in [0.2, 0.25) is 0 Å². The lowest BCUT2D eigenvalue weighted by Crippen LogP contribution is -2.39. The number of aliphatic hydroxyl groups excluding tert-OH is 1. The van der Waals surface area contributed by atoms with E-state index >= 15 is 0 Å². The van der Waals surface area contributed by atoms with E-state index in [2.05, 4.69) is 15.1 Å². The largest absolute Gasteiger partial charge is 0.508 e. The van der Waals surface area contributed by atoms with Crippen molar-refractivity contribution in [2.45, 2.75) is 18.1 Å². The summed E-state index contributed by atoms with van der Waals surface area (Å²) in [5.41, 5.74) is -4.68. The number of carboxylic acid groups (broad SMARTS) is 1. The number of aliphatic carboxylic acids is 1. The molecule has 1 aliphatic rings. The highest BCUT2D eigenvalue weighted by molar-refractivity contribution is 5.83. The zero-order valence-corrected chi connectivity index (χ0v) is 15.8. The topological polar surface area (TPSA) is 117 Å². The first-order valence-corrected chi connectivity index (χ1v) is 8.96. The van der Waals surface area contributed by atoms with Gasteiger partial charge in [0.05, 0.1) is 17.7 Å². The summed E-state index contributed by atoms with van der Waals surface area (Å²) in [4.78, 5) is 32.1. The van der Waals surface area contributed by atoms with Crippen LogP contribution in [0.25, 0.3) is 22.7 Å². The van der Waals surface area contributed by atoms with Crippen molar-refractivity contribution in [2.24, 2.45) is 4.99 Å². The minimum atomic E-state index is -4.97. The highest BCUT2D eigenvalue weighted by Crippen LogP contribution is 2.34. The molecule has 0 saturated carbocycles. The van der Waals surface area contributed by atoms with E-state index in [0.29, 0.717) is 12.1 Å². The van der Waals surface area contributed by atoms with Crippen LogP contribution >= 0.6 is 0 Å². The van der Waals surface area contributed by atoms with Crippen LogP contribution in [0.3, 0.4) is 0 Å². The Labute approximate surface area is 175 Å². The molecule has 2 aromatic heterocycles. The fraction of sp³-hybridized carbons (Fsp3) is 0.150. The molecular formula is C20H12F4N4O4. The van der Waals surface area contributed by atoms with Gasteiger partial charge >= 0.3 is 12.1 Å². The van der Waals surface area contributed by atoms with Gasteiger partial charge in [-0.25, -0.2) is 13.9 Å². The Bertz CT molecular complexity index is 1410. The molecule has 1 aliphatic heterocycles. The van der Waals surface area contributed by atoms with Gasteiger partial charge in [0.15, 0.2) is 11.1 Å². The molecule has 8 nitrogen and oxygen atoms in total. The predicted octanol–water partition coefficient (Wildman–Crippen LogP) is 2.15. The minimum Gasteiger partial charge on any atom is -0.508 e. The summed E-state index contributed by atoms with van der Waals surface area (Å²) < 4.78 is 54.1. The molecule has 12 heteroatoms. The van der Waals surface area contributed by atoms with Crippen molar-refractivity contribution in [3.8, 4) is 11.3 Å². The zero-order valence-electron chi connectivity index (χ0n) is 15.8. The van der Waals surface area contributed by atoms with E-state index in [1.54, 1.807) is 0 Å². The van der Waals surface area contributed by atoms with E-state index in [1.807, 2.05) is 0 Å². The molecule has 164 valence electrons. The van der Waals surface area contributed by atoms with Crippen molar-refractivity contribution in [2.75, 3.05) is 0 Å². The number of nitrogens with zero attached hydrogens (tertiary/aromatic N) is 4. The number of aromatic nitrogens is 3. The lowest BCUT2D eigenvalue weighted by molar-refractivity contribution is -0.140. The van der Waals surface area contributed by atoms with Crippen LogP contribution in [0.1, 0.15) is 12.0 Å². The van der Waals surface area contributed by atoms with Crippen LogP contribution in [-0.4, -0.2) is 42.5 Å². The van der Waals surface area contributed by atoms with Crippen LogP contribution in [-0.2, 0) is 11.0 Å². The molecule has 0 spiro atoms. The van der Waals surface area contributed by atoms with E-state index in [-0.39, 0.29) is 16.9 Å². The smallest absolute Gasteiger partial charge is 0.419 e. The van der Waals surface area contributed by atoms with Gasteiger partial charge in [-0.3, -0.25) is 14.6 Å². The molecule has 1 atom stereocenters. The van der Waals surface area contributed by atoms with Crippen molar-refractivity contribution in [3.63, 3.8) is 0 Å². The first-order valence-electron chi connectivity index (χ1n) is 8.96. The van der Waals surface area contributed by atoms with E-state index in [9.17, 15) is 37.4 Å². The highest BCUT2D eigenvalue weighted by atomic mass is 19.4. The van der Waals surface area contributed by atoms with E-state index < -0.39 is 51.9 Å². The van der Waals surface area contributed by atoms with Crippen LogP contribution in [0.15, 0.2) is 52.5 Å². The number of alkyl halides is 3. The molecule has 4 rings (SSSR count). The summed E-state index contributed by atoms with van der Waals surface area (Å²) in [6.07, 6.45) is -0.677. The van der Waals surface area contributed by atoms with Crippen molar-refractivity contribution >= 4 is 23.6 Å². The van der Waals surface area contributed by atoms with Gasteiger partial charge in [-0.2, -0.15) is 18.3 Å². The van der Waals surface area contributed by atoms with E-state index in [4.69, 9.17) is 0 Å². The monoisotopic (exact) mass is 448 g/mol. The average molecular weight is 448 g/mol. The average Bonchev–Trinajstić information content (AvgIpc) is 3.36. The fourth-order valence-corrected chi connectivity index (χ4v) is 3.48. The number of rotatable bonds is 4. The number of hydrogen-bond donors (Lipinski definition) is 2. The number of aliphatic imine (C=N–C) groups is 1. The molecular weight excluding hydrogens is 436 g/mol. The number of halogens is 4. The van der Waals surface area contributed by atoms with Crippen LogP contribution in [0.4, 0.5) is 17.6 Å². The summed E-state index contributed by atoms with van der Waals surface area (Å²) in [5, 5.41) is 23.6. The highest BCUT2D eigenvalue weighted by Gasteiger charge is 2.38. The molecule has 0 radical (unpaired) electrons. The van der Waals surface area contributed by atoms with E-state index in [0.717, 1.165) is 23.0 Å². The van der Waals surface area contributed by atoms with Gasteiger partial charge in [0.25, 0.3) is 0 Å². The Morgan fingerprint density at radius 2 is 1.94 bits per heavy atom. The number of aliphatic hydroxyl groups is 1. The summed E-state index contributed by atoms with van der Waals surface area (Å²) >= 11 is 0. The Balaban J connectivity index is 2.01. The Morgan fingerprint density at radius 1 is 1.19 bits per heavy atom. The lowest BCUT2D eigenvalue weighted by Gasteiger charge is -2.21. The van der Waals surface area contributed by atoms with Crippen LogP contribution < -0.4 is 10.6 Å². The molecule has 3 aromatic rings. The Morgan fingerprint density at radius 3 is 2.56 bits per heavy atom. The van der Waals surface area contributed by atoms with Gasteiger partial charge in [-0.05, 0) is 30.4 Å². The fourth-order valence-electron chi connectivity index (χ4n) is 3.48. The Kier molecular flexibility index (Phi) is 4.79. The van der Waals surface area contributed by atoms with Gasteiger partial charge in [-0.15, -0.1) is 0 Å². The zero-order chi connectivity index (χ0) is 23.3. The number of carboxylic acids is 1. The first-order chi connectivity index (χ1) is 15.0. The van der Waals surface area contributed by atoms with Crippen molar-refractivity contribution in [1.82, 2.24) is 14.6 Å². The van der Waals surface area contributed by atoms with Gasteiger partial charge < -0.3 is 10.2 Å². The Hall–Kier alpha value is -4.09. The van der Waals surface area contributed by atoms with Gasteiger partial charge in [-0.1, -0.05) is 0 Å². The summed E-state index contributed by atoms with van der Waals surface area (Å²) in [6.45, 7) is 0. The predicted molar refractivity (Wildman–Crippen MR) is 104 cm³/mol. The third kappa shape index (κ3) is 3.39. The van der Waals surface area contributed by atoms with Crippen molar-refractivity contribution in [1.29, 1.82) is 0 Å². The van der Waals surface area contributed by atoms with Gasteiger partial charge in [0.2, 0.25) is 0 Å². The molecule has 0 saturated heterocycles. The van der Waals surface area contributed by atoms with Crippen molar-refractivity contribution < 1.29 is 32.6 Å². The SMILES string of the molecule is O=C(O)CC1(C(O)=c2c(=O)cc(-c3ccc(F)c(C(F)(F)F)c3)n3ncnc23)C=CC=N1. The molecule has 1 aromatic carbocycles. The van der Waals surface area contributed by atoms with Crippen LogP contribution in [0, 0.1) is 5.82 Å². The molecule has 0 aliphatic carbocycles. The molecule has 0 fully saturated rings. The molecule has 0 bridgehead atoms. The number of pyridine rings is 1. The van der Waals surface area contributed by atoms with Crippen molar-refractivity contribution in [3.05, 3.63) is 69.6 Å². The normalized spacial score (nSPS) is 19.0. The second-order valence-electron chi connectivity index (χ2n) is 6.94. The maximum atomic E-state index is 13.7. The standard InChI is InChI=1S/C20H12F4N4O4/c21-12-3-2-10(6-11(12)20(22,23)24)13-7-14(29)16(18-25-9-27-28(13)18)17(32)19(8-15(30)31)4-1-5-26-19/h1-7,9,32H,8H2,(H,30,31). The summed E-state index contributed by atoms with van der Waals surface area (Å²) in [7, 11) is 0. The number of hydrogen-bond acceptors (Lipinski definition) is 6. The molecule has 0 amide bonds. The molecule has 3 heterocycles. The maximum absolute atomic E-state index is 13.7. The maximum Gasteiger partial charge on any atom is 0.419 e. The molecule has 1 unspecified atom stereocenters. The lowest BCUT2D eigenvalue weighted by atomic mass is 9.92. The molecule has 32 heavy (non-hydrogen) atoms. The third-order valence-corrected chi connectivity index (χ3v) is 4.91. The summed E-state index contributed by atoms with van der Waals surface area (Å²) in [6, 6.07) is 3.09. The second kappa shape index (κ2) is 7.25. The molecule has 2 N–H and O–H groups in total. The number of fused-ring (bicyclic) bond motifs is 1. The van der Waals surface area contributed by atoms with E-state index in [1.165, 1.54) is 18.4 Å². The number of carbonyl (C=O) groups is 1.